The van der Waals surface area contributed by atoms with E-state index in [1.54, 1.807) is 0 Å². The molecule has 0 saturated carbocycles. The molecule has 0 rings (SSSR count). The van der Waals surface area contributed by atoms with Crippen molar-refractivity contribution in [3.8, 4) is 0 Å². The molecule has 0 heterocycles. The fourth-order valence-corrected chi connectivity index (χ4v) is 0. The van der Waals surface area contributed by atoms with Crippen LogP contribution in [0.15, 0.2) is 0 Å². The molecule has 0 saturated heterocycles. The average molecular weight is 230 g/mol. The maximum Gasteiger partial charge on any atom is 0.762 e. The first-order chi connectivity index (χ1) is 1.73. The van der Waals surface area contributed by atoms with Gasteiger partial charge in [-0.2, -0.15) is 0 Å². The number of halogens is 3. The Balaban J connectivity index is 0. The van der Waals surface area contributed by atoms with Gasteiger partial charge in [-0.3, -0.25) is 12.9 Å². The van der Waals surface area contributed by atoms with Gasteiger partial charge in [0.2, 0.25) is 0 Å². The molecule has 34 valence electrons. The molecule has 0 radical (unpaired) electrons. The molecule has 0 aliphatic carbocycles. The maximum absolute atomic E-state index is 9.67. The van der Waals surface area contributed by atoms with Crippen molar-refractivity contribution in [3.05, 3.63) is 0 Å². The van der Waals surface area contributed by atoms with E-state index in [-0.39, 0.29) is 38.2 Å². The van der Waals surface area contributed by atoms with Crippen molar-refractivity contribution in [1.29, 1.82) is 0 Å². The molecule has 0 aromatic rings. The van der Waals surface area contributed by atoms with Crippen molar-refractivity contribution < 1.29 is 51.1 Å². The summed E-state index contributed by atoms with van der Waals surface area (Å²) in [4.78, 5) is 0. The van der Waals surface area contributed by atoms with Gasteiger partial charge in [0.15, 0.2) is 0 Å². The van der Waals surface area contributed by atoms with Gasteiger partial charge in [0.1, 0.15) is 0 Å². The number of hydrogen-bond donors (Lipinski definition) is 0. The van der Waals surface area contributed by atoms with Crippen LogP contribution in [-0.4, -0.2) is 7.54 Å². The summed E-state index contributed by atoms with van der Waals surface area (Å²) >= 11 is 0. The first kappa shape index (κ1) is 9.46. The maximum atomic E-state index is 9.67. The summed E-state index contributed by atoms with van der Waals surface area (Å²) in [6.45, 7) is 0. The molecular weight excluding hydrogens is 230 g/mol. The van der Waals surface area contributed by atoms with Crippen LogP contribution in [0.5, 0.6) is 0 Å². The Hall–Kier alpha value is 1.13. The van der Waals surface area contributed by atoms with Gasteiger partial charge in [-0.15, -0.1) is 0 Å². The van der Waals surface area contributed by atoms with E-state index in [1.807, 2.05) is 0 Å². The molecule has 0 aromatic heterocycles. The van der Waals surface area contributed by atoms with Crippen LogP contribution in [-0.2, 0) is 0 Å². The molecule has 0 unspecified atom stereocenters. The largest absolute Gasteiger partial charge is 0.762 e. The number of hydrogen-bond acceptors (Lipinski definition) is 0. The monoisotopic (exact) mass is 232 g/mol. The third-order valence-corrected chi connectivity index (χ3v) is 0. The molecule has 0 aliphatic heterocycles. The minimum Gasteiger partial charge on any atom is -0.254 e. The Morgan fingerprint density at radius 1 is 1.00 bits per heavy atom. The summed E-state index contributed by atoms with van der Waals surface area (Å²) in [5.74, 6) is 0. The van der Waals surface area contributed by atoms with Crippen LogP contribution in [0.25, 0.3) is 0 Å². The smallest absolute Gasteiger partial charge is 0.254 e. The van der Waals surface area contributed by atoms with Gasteiger partial charge in [0.25, 0.3) is 0 Å². The van der Waals surface area contributed by atoms with E-state index in [2.05, 4.69) is 0 Å². The minimum absolute atomic E-state index is 0. The summed E-state index contributed by atoms with van der Waals surface area (Å²) in [5, 5.41) is 0. The molecule has 0 N–H and O–H groups in total. The van der Waals surface area contributed by atoms with Crippen LogP contribution < -0.4 is 0 Å². The van der Waals surface area contributed by atoms with E-state index in [1.165, 1.54) is 0 Å². The Morgan fingerprint density at radius 3 is 1.00 bits per heavy atom. The molecule has 5 heavy (non-hydrogen) atoms. The summed E-state index contributed by atoms with van der Waals surface area (Å²) in [7, 11) is -3.67. The van der Waals surface area contributed by atoms with Gasteiger partial charge >= 0.3 is 7.54 Å². The van der Waals surface area contributed by atoms with Gasteiger partial charge in [-0.05, 0) is 0 Å². The Bertz CT molecular complexity index is 11.6. The second-order valence-electron chi connectivity index (χ2n) is 0.247. The van der Waals surface area contributed by atoms with Crippen molar-refractivity contribution in [3.63, 3.8) is 0 Å². The quantitative estimate of drug-likeness (QED) is 0.542. The van der Waals surface area contributed by atoms with Crippen LogP contribution >= 0.6 is 0 Å². The fourth-order valence-electron chi connectivity index (χ4n) is 0. The Kier molecular flexibility index (Phi) is 9.70. The Morgan fingerprint density at radius 2 is 1.00 bits per heavy atom. The fraction of sp³-hybridized carbons (Fsp3) is 0. The molecule has 0 amide bonds. The Labute approximate surface area is 58.4 Å². The first-order valence-corrected chi connectivity index (χ1v) is 0.655. The van der Waals surface area contributed by atoms with Crippen LogP contribution in [0, 0.1) is 38.2 Å². The van der Waals surface area contributed by atoms with Gasteiger partial charge < -0.3 is 0 Å². The predicted molar refractivity (Wildman–Crippen MR) is 9.08 cm³/mol. The molecule has 0 nitrogen and oxygen atoms in total. The normalized spacial score (nSPS) is 5.40. The van der Waals surface area contributed by atoms with Crippen molar-refractivity contribution >= 4 is 7.54 Å². The zero-order chi connectivity index (χ0) is 3.58. The van der Waals surface area contributed by atoms with Crippen molar-refractivity contribution in [2.24, 2.45) is 0 Å². The predicted octanol–water partition coefficient (Wildman–Crippen LogP) is 0.880. The van der Waals surface area contributed by atoms with Crippen LogP contribution in [0.4, 0.5) is 12.9 Å². The summed E-state index contributed by atoms with van der Waals surface area (Å²) in [6.07, 6.45) is 0. The third kappa shape index (κ3) is 39.4. The van der Waals surface area contributed by atoms with E-state index in [0.29, 0.717) is 0 Å². The van der Waals surface area contributed by atoms with Gasteiger partial charge in [0, 0.05) is 38.2 Å². The van der Waals surface area contributed by atoms with Crippen molar-refractivity contribution in [1.82, 2.24) is 0 Å². The van der Waals surface area contributed by atoms with Crippen LogP contribution in [0.1, 0.15) is 0 Å². The first-order valence-electron chi connectivity index (χ1n) is 0.655. The van der Waals surface area contributed by atoms with Crippen LogP contribution in [0.2, 0.25) is 0 Å². The second kappa shape index (κ2) is 5.13. The molecule has 0 spiro atoms. The van der Waals surface area contributed by atoms with Gasteiger partial charge in [-0.1, -0.05) is 0 Å². The van der Waals surface area contributed by atoms with E-state index in [9.17, 15) is 12.9 Å². The molecular formula is BDyF3. The van der Waals surface area contributed by atoms with E-state index in [4.69, 9.17) is 0 Å². The number of rotatable bonds is 0. The van der Waals surface area contributed by atoms with E-state index < -0.39 is 7.54 Å². The zero-order valence-electron chi connectivity index (χ0n) is 2.03. The van der Waals surface area contributed by atoms with E-state index >= 15 is 0 Å². The SMILES string of the molecule is FB(F)F.[Dy]. The van der Waals surface area contributed by atoms with Crippen molar-refractivity contribution in [2.45, 2.75) is 0 Å². The third-order valence-electron chi connectivity index (χ3n) is 0. The average Bonchev–Trinajstić information content (AvgIpc) is 0.811. The summed E-state index contributed by atoms with van der Waals surface area (Å²) in [6, 6.07) is 0. The van der Waals surface area contributed by atoms with Gasteiger partial charge in [0.05, 0.1) is 0 Å². The standard InChI is InChI=1S/BF3.Dy/c2-1(3)4;. The summed E-state index contributed by atoms with van der Waals surface area (Å²) < 4.78 is 29.0. The summed E-state index contributed by atoms with van der Waals surface area (Å²) in [5.41, 5.74) is 0. The zero-order valence-corrected chi connectivity index (χ0v) is 4.06. The van der Waals surface area contributed by atoms with Crippen LogP contribution in [0.3, 0.4) is 0 Å². The van der Waals surface area contributed by atoms with Gasteiger partial charge in [-0.25, -0.2) is 0 Å². The van der Waals surface area contributed by atoms with E-state index in [0.717, 1.165) is 0 Å². The molecule has 5 heteroatoms. The molecule has 0 atom stereocenters. The molecule has 0 bridgehead atoms. The molecule has 0 aromatic carbocycles. The molecule has 0 fully saturated rings. The second-order valence-corrected chi connectivity index (χ2v) is 0.247. The van der Waals surface area contributed by atoms with Crippen molar-refractivity contribution in [2.75, 3.05) is 0 Å². The molecule has 0 aliphatic rings. The topological polar surface area (TPSA) is 0 Å². The minimum atomic E-state index is -3.67.